The van der Waals surface area contributed by atoms with Gasteiger partial charge in [0, 0.05) is 11.9 Å². The van der Waals surface area contributed by atoms with Gasteiger partial charge in [-0.3, -0.25) is 4.79 Å². The van der Waals surface area contributed by atoms with Crippen LogP contribution < -0.4 is 10.1 Å². The molecule has 4 rings (SSSR count). The predicted molar refractivity (Wildman–Crippen MR) is 104 cm³/mol. The first-order valence-corrected chi connectivity index (χ1v) is 10.0. The Balaban J connectivity index is 1.50. The van der Waals surface area contributed by atoms with Crippen LogP contribution in [0.1, 0.15) is 43.1 Å². The second kappa shape index (κ2) is 7.49. The summed E-state index contributed by atoms with van der Waals surface area (Å²) < 4.78 is 8.11. The normalized spacial score (nSPS) is 19.7. The van der Waals surface area contributed by atoms with Gasteiger partial charge in [0.05, 0.1) is 17.1 Å². The third kappa shape index (κ3) is 3.30. The number of hydrogen-bond donors (Lipinski definition) is 1. The maximum atomic E-state index is 12.8. The van der Waals surface area contributed by atoms with Crippen LogP contribution in [0.25, 0.3) is 10.9 Å². The largest absolute Gasteiger partial charge is 0.486 e. The smallest absolute Gasteiger partial charge is 0.267 e. The van der Waals surface area contributed by atoms with Gasteiger partial charge in [0.1, 0.15) is 17.5 Å². The van der Waals surface area contributed by atoms with Crippen molar-refractivity contribution in [3.63, 3.8) is 0 Å². The Morgan fingerprint density at radius 3 is 2.92 bits per heavy atom. The Morgan fingerprint density at radius 1 is 1.35 bits per heavy atom. The topological polar surface area (TPSA) is 46.5 Å². The van der Waals surface area contributed by atoms with Crippen molar-refractivity contribution < 1.29 is 9.53 Å². The molecular formula is C20H26ClN3O2. The van der Waals surface area contributed by atoms with Crippen LogP contribution in [0.4, 0.5) is 0 Å². The monoisotopic (exact) mass is 375 g/mol. The maximum Gasteiger partial charge on any atom is 0.267 e. The van der Waals surface area contributed by atoms with Gasteiger partial charge in [-0.05, 0) is 63.5 Å². The van der Waals surface area contributed by atoms with E-state index < -0.39 is 0 Å². The number of benzene rings is 1. The summed E-state index contributed by atoms with van der Waals surface area (Å²) in [6.45, 7) is 6.94. The van der Waals surface area contributed by atoms with Crippen LogP contribution in [-0.4, -0.2) is 47.7 Å². The fourth-order valence-electron chi connectivity index (χ4n) is 4.02. The summed E-state index contributed by atoms with van der Waals surface area (Å²) in [5.74, 6) is 0.789. The second-order valence-corrected chi connectivity index (χ2v) is 7.66. The highest BCUT2D eigenvalue weighted by Crippen LogP contribution is 2.38. The molecule has 26 heavy (non-hydrogen) atoms. The van der Waals surface area contributed by atoms with E-state index in [4.69, 9.17) is 16.3 Å². The van der Waals surface area contributed by atoms with Gasteiger partial charge in [0.25, 0.3) is 5.91 Å². The number of halogens is 1. The minimum Gasteiger partial charge on any atom is -0.486 e. The maximum absolute atomic E-state index is 12.8. The van der Waals surface area contributed by atoms with E-state index in [1.807, 2.05) is 18.2 Å². The van der Waals surface area contributed by atoms with Crippen LogP contribution in [-0.2, 0) is 6.54 Å². The molecule has 1 saturated heterocycles. The summed E-state index contributed by atoms with van der Waals surface area (Å²) in [5, 5.41) is 4.63. The first-order valence-electron chi connectivity index (χ1n) is 9.66. The molecule has 5 nitrogen and oxygen atoms in total. The molecule has 1 atom stereocenters. The molecule has 140 valence electrons. The number of ether oxygens (including phenoxy) is 1. The SMILES string of the molecule is CCC1Cn2c(C(=O)NCCCN3CCCC3)cc3c(Cl)ccc(c32)O1. The fraction of sp³-hybridized carbons (Fsp3) is 0.550. The summed E-state index contributed by atoms with van der Waals surface area (Å²) in [5.41, 5.74) is 1.61. The molecule has 3 heterocycles. The van der Waals surface area contributed by atoms with Crippen molar-refractivity contribution in [3.05, 3.63) is 28.9 Å². The van der Waals surface area contributed by atoms with Crippen LogP contribution in [0.15, 0.2) is 18.2 Å². The number of nitrogens with zero attached hydrogens (tertiary/aromatic N) is 2. The number of likely N-dealkylation sites (tertiary alicyclic amines) is 1. The Labute approximate surface area is 159 Å². The van der Waals surface area contributed by atoms with Gasteiger partial charge < -0.3 is 19.5 Å². The third-order valence-electron chi connectivity index (χ3n) is 5.47. The molecule has 2 aromatic rings. The van der Waals surface area contributed by atoms with Crippen LogP contribution in [0.3, 0.4) is 0 Å². The minimum atomic E-state index is -0.0265. The van der Waals surface area contributed by atoms with Gasteiger partial charge in [-0.15, -0.1) is 0 Å². The van der Waals surface area contributed by atoms with E-state index in [2.05, 4.69) is 21.7 Å². The lowest BCUT2D eigenvalue weighted by atomic mass is 10.2. The highest BCUT2D eigenvalue weighted by Gasteiger charge is 2.26. The van der Waals surface area contributed by atoms with Crippen molar-refractivity contribution in [3.8, 4) is 5.75 Å². The average molecular weight is 376 g/mol. The van der Waals surface area contributed by atoms with Gasteiger partial charge in [-0.1, -0.05) is 18.5 Å². The van der Waals surface area contributed by atoms with Crippen molar-refractivity contribution >= 4 is 28.4 Å². The Hall–Kier alpha value is -1.72. The molecule has 1 unspecified atom stereocenters. The standard InChI is InChI=1S/C20H26ClN3O2/c1-2-14-13-24-17(12-15-16(21)6-7-18(26-14)19(15)24)20(25)22-8-5-11-23-9-3-4-10-23/h6-7,12,14H,2-5,8-11,13H2,1H3,(H,22,25). The lowest BCUT2D eigenvalue weighted by Gasteiger charge is -2.26. The van der Waals surface area contributed by atoms with Crippen LogP contribution in [0.2, 0.25) is 5.02 Å². The summed E-state index contributed by atoms with van der Waals surface area (Å²) in [7, 11) is 0. The van der Waals surface area contributed by atoms with Crippen LogP contribution >= 0.6 is 11.6 Å². The van der Waals surface area contributed by atoms with Gasteiger partial charge in [-0.25, -0.2) is 0 Å². The average Bonchev–Trinajstić information content (AvgIpc) is 3.30. The summed E-state index contributed by atoms with van der Waals surface area (Å²) >= 11 is 6.36. The molecule has 0 bridgehead atoms. The van der Waals surface area contributed by atoms with E-state index >= 15 is 0 Å². The highest BCUT2D eigenvalue weighted by atomic mass is 35.5. The Bertz CT molecular complexity index is 811. The molecule has 1 fully saturated rings. The first kappa shape index (κ1) is 17.7. The van der Waals surface area contributed by atoms with Gasteiger partial charge in [0.2, 0.25) is 0 Å². The lowest BCUT2D eigenvalue weighted by Crippen LogP contribution is -2.32. The number of nitrogens with one attached hydrogen (secondary N) is 1. The molecule has 2 aliphatic rings. The number of carbonyl (C=O) groups is 1. The number of amides is 1. The molecule has 0 spiro atoms. The van der Waals surface area contributed by atoms with E-state index in [0.29, 0.717) is 23.8 Å². The molecule has 0 aliphatic carbocycles. The summed E-state index contributed by atoms with van der Waals surface area (Å²) in [6.07, 6.45) is 4.57. The molecule has 0 radical (unpaired) electrons. The Kier molecular flexibility index (Phi) is 5.09. The third-order valence-corrected chi connectivity index (χ3v) is 5.80. The number of aromatic nitrogens is 1. The van der Waals surface area contributed by atoms with Crippen molar-refractivity contribution in [1.82, 2.24) is 14.8 Å². The number of carbonyl (C=O) groups excluding carboxylic acids is 1. The second-order valence-electron chi connectivity index (χ2n) is 7.25. The molecule has 1 amide bonds. The quantitative estimate of drug-likeness (QED) is 0.783. The van der Waals surface area contributed by atoms with Crippen molar-refractivity contribution in [2.45, 2.75) is 45.3 Å². The summed E-state index contributed by atoms with van der Waals surface area (Å²) in [4.78, 5) is 15.3. The van der Waals surface area contributed by atoms with E-state index in [1.54, 1.807) is 0 Å². The Morgan fingerprint density at radius 2 is 2.15 bits per heavy atom. The summed E-state index contributed by atoms with van der Waals surface area (Å²) in [6, 6.07) is 5.65. The number of hydrogen-bond acceptors (Lipinski definition) is 3. The van der Waals surface area contributed by atoms with Crippen molar-refractivity contribution in [1.29, 1.82) is 0 Å². The zero-order valence-corrected chi connectivity index (χ0v) is 16.0. The molecular weight excluding hydrogens is 350 g/mol. The molecule has 1 N–H and O–H groups in total. The predicted octanol–water partition coefficient (Wildman–Crippen LogP) is 3.68. The lowest BCUT2D eigenvalue weighted by molar-refractivity contribution is 0.0936. The molecule has 6 heteroatoms. The van der Waals surface area contributed by atoms with Crippen molar-refractivity contribution in [2.24, 2.45) is 0 Å². The first-order chi connectivity index (χ1) is 12.7. The van der Waals surface area contributed by atoms with E-state index in [-0.39, 0.29) is 12.0 Å². The van der Waals surface area contributed by atoms with E-state index in [1.165, 1.54) is 25.9 Å². The zero-order valence-electron chi connectivity index (χ0n) is 15.3. The van der Waals surface area contributed by atoms with Crippen molar-refractivity contribution in [2.75, 3.05) is 26.2 Å². The van der Waals surface area contributed by atoms with E-state index in [9.17, 15) is 4.79 Å². The molecule has 0 saturated carbocycles. The number of rotatable bonds is 6. The van der Waals surface area contributed by atoms with Crippen LogP contribution in [0, 0.1) is 0 Å². The zero-order chi connectivity index (χ0) is 18.1. The van der Waals surface area contributed by atoms with Gasteiger partial charge >= 0.3 is 0 Å². The molecule has 1 aromatic carbocycles. The van der Waals surface area contributed by atoms with Gasteiger partial charge in [0.15, 0.2) is 0 Å². The van der Waals surface area contributed by atoms with Gasteiger partial charge in [-0.2, -0.15) is 0 Å². The highest BCUT2D eigenvalue weighted by molar-refractivity contribution is 6.36. The van der Waals surface area contributed by atoms with E-state index in [0.717, 1.165) is 36.0 Å². The van der Waals surface area contributed by atoms with Crippen LogP contribution in [0.5, 0.6) is 5.75 Å². The molecule has 2 aliphatic heterocycles. The minimum absolute atomic E-state index is 0.0265. The molecule has 1 aromatic heterocycles. The fourth-order valence-corrected chi connectivity index (χ4v) is 4.23.